The van der Waals surface area contributed by atoms with Gasteiger partial charge in [-0.2, -0.15) is 0 Å². The third-order valence-corrected chi connectivity index (χ3v) is 4.50. The van der Waals surface area contributed by atoms with Gasteiger partial charge in [-0.3, -0.25) is 4.79 Å². The number of amides is 1. The number of imidazole rings is 1. The Morgan fingerprint density at radius 2 is 2.21 bits per heavy atom. The summed E-state index contributed by atoms with van der Waals surface area (Å²) in [4.78, 5) is 15.7. The predicted octanol–water partition coefficient (Wildman–Crippen LogP) is 4.74. The lowest BCUT2D eigenvalue weighted by molar-refractivity contribution is -0.116. The van der Waals surface area contributed by atoms with Crippen LogP contribution in [0.4, 0.5) is 5.69 Å². The molecule has 0 radical (unpaired) electrons. The minimum absolute atomic E-state index is 0.115. The number of hydrogen-bond donors (Lipinski definition) is 1. The van der Waals surface area contributed by atoms with Crippen LogP contribution in [-0.2, 0) is 11.2 Å². The van der Waals surface area contributed by atoms with Crippen LogP contribution in [-0.4, -0.2) is 15.5 Å². The van der Waals surface area contributed by atoms with Gasteiger partial charge in [0.1, 0.15) is 0 Å². The SMILES string of the molecule is CCCCCCC(=Cn1ccnc1)c1ccc2c(c1)CCC(=O)N2. The van der Waals surface area contributed by atoms with E-state index in [-0.39, 0.29) is 5.91 Å². The van der Waals surface area contributed by atoms with Gasteiger partial charge in [0.25, 0.3) is 0 Å². The molecule has 0 aliphatic carbocycles. The minimum atomic E-state index is 0.115. The van der Waals surface area contributed by atoms with Gasteiger partial charge in [-0.15, -0.1) is 0 Å². The quantitative estimate of drug-likeness (QED) is 0.748. The first-order valence-electron chi connectivity index (χ1n) is 8.87. The summed E-state index contributed by atoms with van der Waals surface area (Å²) in [6.45, 7) is 2.24. The second-order valence-electron chi connectivity index (χ2n) is 6.39. The van der Waals surface area contributed by atoms with Crippen molar-refractivity contribution in [2.75, 3.05) is 5.32 Å². The number of aromatic nitrogens is 2. The number of aryl methyl sites for hydroxylation is 1. The molecular weight excluding hydrogens is 298 g/mol. The number of carbonyl (C=O) groups excluding carboxylic acids is 1. The summed E-state index contributed by atoms with van der Waals surface area (Å²) in [7, 11) is 0. The molecule has 4 nitrogen and oxygen atoms in total. The molecule has 1 aliphatic heterocycles. The van der Waals surface area contributed by atoms with E-state index in [1.54, 1.807) is 6.20 Å². The highest BCUT2D eigenvalue weighted by molar-refractivity contribution is 5.94. The lowest BCUT2D eigenvalue weighted by atomic mass is 9.94. The Morgan fingerprint density at radius 3 is 3.00 bits per heavy atom. The Labute approximate surface area is 143 Å². The Balaban J connectivity index is 1.83. The van der Waals surface area contributed by atoms with Crippen molar-refractivity contribution >= 4 is 23.4 Å². The molecule has 0 fully saturated rings. The number of rotatable bonds is 7. The van der Waals surface area contributed by atoms with Crippen molar-refractivity contribution in [3.8, 4) is 0 Å². The monoisotopic (exact) mass is 323 g/mol. The van der Waals surface area contributed by atoms with E-state index in [1.807, 2.05) is 23.2 Å². The fraction of sp³-hybridized carbons (Fsp3) is 0.400. The van der Waals surface area contributed by atoms with Crippen LogP contribution in [0.15, 0.2) is 36.9 Å². The van der Waals surface area contributed by atoms with Gasteiger partial charge in [-0.25, -0.2) is 4.98 Å². The second kappa shape index (κ2) is 7.95. The predicted molar refractivity (Wildman–Crippen MR) is 98.5 cm³/mol. The van der Waals surface area contributed by atoms with E-state index in [2.05, 4.69) is 35.6 Å². The molecule has 0 unspecified atom stereocenters. The molecule has 1 aromatic heterocycles. The molecule has 126 valence electrons. The minimum Gasteiger partial charge on any atom is -0.326 e. The third-order valence-electron chi connectivity index (χ3n) is 4.50. The summed E-state index contributed by atoms with van der Waals surface area (Å²) in [6, 6.07) is 6.39. The Hall–Kier alpha value is -2.36. The molecule has 2 aromatic rings. The first-order valence-corrected chi connectivity index (χ1v) is 8.87. The average Bonchev–Trinajstić information content (AvgIpc) is 3.10. The zero-order valence-electron chi connectivity index (χ0n) is 14.3. The van der Waals surface area contributed by atoms with Crippen molar-refractivity contribution < 1.29 is 4.79 Å². The van der Waals surface area contributed by atoms with E-state index >= 15 is 0 Å². The van der Waals surface area contributed by atoms with E-state index in [0.717, 1.165) is 18.5 Å². The normalized spacial score (nSPS) is 14.4. The number of anilines is 1. The number of unbranched alkanes of at least 4 members (excludes halogenated alkanes) is 3. The largest absolute Gasteiger partial charge is 0.326 e. The Bertz CT molecular complexity index is 716. The summed E-state index contributed by atoms with van der Waals surface area (Å²) in [5, 5.41) is 2.96. The molecule has 0 saturated carbocycles. The van der Waals surface area contributed by atoms with Crippen molar-refractivity contribution in [1.82, 2.24) is 9.55 Å². The van der Waals surface area contributed by atoms with E-state index in [9.17, 15) is 4.79 Å². The lowest BCUT2D eigenvalue weighted by Crippen LogP contribution is -2.18. The van der Waals surface area contributed by atoms with Gasteiger partial charge in [-0.05, 0) is 48.1 Å². The number of fused-ring (bicyclic) bond motifs is 1. The molecule has 0 saturated heterocycles. The van der Waals surface area contributed by atoms with Gasteiger partial charge in [-0.1, -0.05) is 32.3 Å². The molecule has 0 spiro atoms. The zero-order chi connectivity index (χ0) is 16.8. The first kappa shape index (κ1) is 16.5. The third kappa shape index (κ3) is 4.13. The van der Waals surface area contributed by atoms with Crippen molar-refractivity contribution in [1.29, 1.82) is 0 Å². The van der Waals surface area contributed by atoms with Crippen LogP contribution in [0.3, 0.4) is 0 Å². The molecule has 24 heavy (non-hydrogen) atoms. The lowest BCUT2D eigenvalue weighted by Gasteiger charge is -2.18. The fourth-order valence-electron chi connectivity index (χ4n) is 3.13. The second-order valence-corrected chi connectivity index (χ2v) is 6.39. The van der Waals surface area contributed by atoms with Gasteiger partial charge in [0, 0.05) is 30.7 Å². The maximum absolute atomic E-state index is 11.5. The van der Waals surface area contributed by atoms with Crippen LogP contribution in [0.1, 0.15) is 56.6 Å². The number of nitrogens with zero attached hydrogens (tertiary/aromatic N) is 2. The van der Waals surface area contributed by atoms with Gasteiger partial charge in [0.15, 0.2) is 0 Å². The molecular formula is C20H25N3O. The standard InChI is InChI=1S/C20H25N3O/c1-2-3-4-5-6-18(14-23-12-11-21-15-23)16-7-9-19-17(13-16)8-10-20(24)22-19/h7,9,11-15H,2-6,8,10H2,1H3,(H,22,24). The number of nitrogens with one attached hydrogen (secondary N) is 1. The number of carbonyl (C=O) groups is 1. The number of allylic oxidation sites excluding steroid dienone is 1. The molecule has 0 bridgehead atoms. The van der Waals surface area contributed by atoms with Crippen LogP contribution >= 0.6 is 0 Å². The van der Waals surface area contributed by atoms with Gasteiger partial charge < -0.3 is 9.88 Å². The highest BCUT2D eigenvalue weighted by Gasteiger charge is 2.15. The van der Waals surface area contributed by atoms with Crippen LogP contribution < -0.4 is 5.32 Å². The molecule has 3 rings (SSSR count). The molecule has 1 aromatic carbocycles. The van der Waals surface area contributed by atoms with Crippen molar-refractivity contribution in [2.24, 2.45) is 0 Å². The van der Waals surface area contributed by atoms with E-state index in [4.69, 9.17) is 0 Å². The molecule has 1 N–H and O–H groups in total. The summed E-state index contributed by atoms with van der Waals surface area (Å²) < 4.78 is 2.01. The molecule has 0 atom stereocenters. The highest BCUT2D eigenvalue weighted by atomic mass is 16.1. The van der Waals surface area contributed by atoms with Crippen molar-refractivity contribution in [2.45, 2.75) is 51.9 Å². The van der Waals surface area contributed by atoms with Gasteiger partial charge in [0.2, 0.25) is 5.91 Å². The summed E-state index contributed by atoms with van der Waals surface area (Å²) in [5.41, 5.74) is 4.76. The van der Waals surface area contributed by atoms with E-state index in [1.165, 1.54) is 42.4 Å². The van der Waals surface area contributed by atoms with Crippen molar-refractivity contribution in [3.63, 3.8) is 0 Å². The number of benzene rings is 1. The van der Waals surface area contributed by atoms with Crippen LogP contribution in [0.2, 0.25) is 0 Å². The summed E-state index contributed by atoms with van der Waals surface area (Å²) >= 11 is 0. The fourth-order valence-corrected chi connectivity index (χ4v) is 3.13. The Kier molecular flexibility index (Phi) is 5.47. The van der Waals surface area contributed by atoms with Gasteiger partial charge >= 0.3 is 0 Å². The maximum atomic E-state index is 11.5. The van der Waals surface area contributed by atoms with Crippen molar-refractivity contribution in [3.05, 3.63) is 48.0 Å². The van der Waals surface area contributed by atoms with E-state index in [0.29, 0.717) is 6.42 Å². The zero-order valence-corrected chi connectivity index (χ0v) is 14.3. The van der Waals surface area contributed by atoms with E-state index < -0.39 is 0 Å². The summed E-state index contributed by atoms with van der Waals surface area (Å²) in [5.74, 6) is 0.115. The topological polar surface area (TPSA) is 46.9 Å². The molecule has 1 aliphatic rings. The maximum Gasteiger partial charge on any atom is 0.224 e. The van der Waals surface area contributed by atoms with Crippen LogP contribution in [0, 0.1) is 0 Å². The highest BCUT2D eigenvalue weighted by Crippen LogP contribution is 2.29. The molecule has 2 heterocycles. The summed E-state index contributed by atoms with van der Waals surface area (Å²) in [6.07, 6.45) is 15.2. The smallest absolute Gasteiger partial charge is 0.224 e. The van der Waals surface area contributed by atoms with Gasteiger partial charge in [0.05, 0.1) is 6.33 Å². The van der Waals surface area contributed by atoms with Crippen LogP contribution in [0.5, 0.6) is 0 Å². The average molecular weight is 323 g/mol. The van der Waals surface area contributed by atoms with Crippen LogP contribution in [0.25, 0.3) is 11.8 Å². The molecule has 1 amide bonds. The first-order chi connectivity index (χ1) is 11.8. The molecule has 4 heteroatoms. The number of hydrogen-bond acceptors (Lipinski definition) is 2. The Morgan fingerprint density at radius 1 is 1.29 bits per heavy atom.